The minimum Gasteiger partial charge on any atom is -0.497 e. The van der Waals surface area contributed by atoms with E-state index in [2.05, 4.69) is 0 Å². The predicted octanol–water partition coefficient (Wildman–Crippen LogP) is 3.27. The number of hydrogen-bond donors (Lipinski definition) is 0. The Bertz CT molecular complexity index is 463. The van der Waals surface area contributed by atoms with Gasteiger partial charge in [0.1, 0.15) is 23.0 Å². The summed E-state index contributed by atoms with van der Waals surface area (Å²) < 4.78 is 16.0. The smallest absolute Gasteiger partial charge is 0.134 e. The molecule has 0 unspecified atom stereocenters. The van der Waals surface area contributed by atoms with Gasteiger partial charge >= 0.3 is 0 Å². The Morgan fingerprint density at radius 1 is 0.938 bits per heavy atom. The lowest BCUT2D eigenvalue weighted by atomic mass is 10.1. The minimum atomic E-state index is 0.753. The molecule has 2 aromatic rings. The fourth-order valence-corrected chi connectivity index (χ4v) is 1.54. The molecule has 3 heteroatoms. The number of ether oxygens (including phenoxy) is 2. The summed E-state index contributed by atoms with van der Waals surface area (Å²) in [7, 11) is 3.26. The molecule has 0 amide bonds. The van der Waals surface area contributed by atoms with E-state index in [1.165, 1.54) is 0 Å². The van der Waals surface area contributed by atoms with Crippen molar-refractivity contribution in [3.8, 4) is 22.8 Å². The summed E-state index contributed by atoms with van der Waals surface area (Å²) in [6.45, 7) is 1.92. The summed E-state index contributed by atoms with van der Waals surface area (Å²) in [6, 6.07) is 9.53. The van der Waals surface area contributed by atoms with Gasteiger partial charge in [0, 0.05) is 11.6 Å². The van der Waals surface area contributed by atoms with Crippen LogP contribution in [0.3, 0.4) is 0 Å². The Kier molecular flexibility index (Phi) is 2.86. The topological polar surface area (TPSA) is 31.6 Å². The molecule has 0 aliphatic carbocycles. The number of hydrogen-bond acceptors (Lipinski definition) is 3. The molecule has 2 rings (SSSR count). The van der Waals surface area contributed by atoms with Gasteiger partial charge in [-0.15, -0.1) is 0 Å². The van der Waals surface area contributed by atoms with Crippen LogP contribution in [0.25, 0.3) is 11.3 Å². The van der Waals surface area contributed by atoms with Crippen LogP contribution in [0.2, 0.25) is 0 Å². The van der Waals surface area contributed by atoms with Crippen molar-refractivity contribution >= 4 is 0 Å². The summed E-state index contributed by atoms with van der Waals surface area (Å²) in [4.78, 5) is 0. The third-order valence-corrected chi connectivity index (χ3v) is 2.38. The van der Waals surface area contributed by atoms with Crippen LogP contribution in [0.1, 0.15) is 5.76 Å². The van der Waals surface area contributed by atoms with Gasteiger partial charge in [-0.3, -0.25) is 0 Å². The number of aryl methyl sites for hydroxylation is 1. The Morgan fingerprint density at radius 3 is 2.00 bits per heavy atom. The van der Waals surface area contributed by atoms with E-state index in [0.29, 0.717) is 0 Å². The molecule has 0 aliphatic rings. The molecule has 0 saturated carbocycles. The first-order chi connectivity index (χ1) is 7.72. The van der Waals surface area contributed by atoms with Gasteiger partial charge in [-0.2, -0.15) is 0 Å². The van der Waals surface area contributed by atoms with Crippen LogP contribution in [0.4, 0.5) is 0 Å². The molecule has 0 saturated heterocycles. The number of methoxy groups -OCH3 is 2. The van der Waals surface area contributed by atoms with Crippen molar-refractivity contribution in [1.82, 2.24) is 0 Å². The van der Waals surface area contributed by atoms with Crippen molar-refractivity contribution in [3.05, 3.63) is 36.1 Å². The fraction of sp³-hybridized carbons (Fsp3) is 0.231. The maximum absolute atomic E-state index is 5.56. The summed E-state index contributed by atoms with van der Waals surface area (Å²) in [5.74, 6) is 3.21. The van der Waals surface area contributed by atoms with Gasteiger partial charge in [-0.1, -0.05) is 0 Å². The molecule has 1 heterocycles. The average molecular weight is 218 g/mol. The summed E-state index contributed by atoms with van der Waals surface area (Å²) >= 11 is 0. The minimum absolute atomic E-state index is 0.753. The average Bonchev–Trinajstić information content (AvgIpc) is 2.75. The number of rotatable bonds is 3. The molecule has 16 heavy (non-hydrogen) atoms. The molecule has 1 aromatic heterocycles. The molecule has 1 aromatic carbocycles. The molecule has 0 aliphatic heterocycles. The highest BCUT2D eigenvalue weighted by atomic mass is 16.5. The van der Waals surface area contributed by atoms with Crippen molar-refractivity contribution in [3.63, 3.8) is 0 Å². The SMILES string of the molecule is COc1cc(OC)cc(-c2ccc(C)o2)c1. The normalized spacial score (nSPS) is 10.2. The van der Waals surface area contributed by atoms with Crippen LogP contribution in [0.15, 0.2) is 34.7 Å². The van der Waals surface area contributed by atoms with Gasteiger partial charge in [-0.25, -0.2) is 0 Å². The summed E-state index contributed by atoms with van der Waals surface area (Å²) in [6.07, 6.45) is 0. The van der Waals surface area contributed by atoms with Gasteiger partial charge in [-0.05, 0) is 31.2 Å². The van der Waals surface area contributed by atoms with Gasteiger partial charge in [0.25, 0.3) is 0 Å². The number of benzene rings is 1. The fourth-order valence-electron chi connectivity index (χ4n) is 1.54. The zero-order valence-electron chi connectivity index (χ0n) is 9.61. The highest BCUT2D eigenvalue weighted by Crippen LogP contribution is 2.30. The van der Waals surface area contributed by atoms with E-state index in [-0.39, 0.29) is 0 Å². The lowest BCUT2D eigenvalue weighted by molar-refractivity contribution is 0.394. The van der Waals surface area contributed by atoms with E-state index in [0.717, 1.165) is 28.6 Å². The second kappa shape index (κ2) is 4.31. The monoisotopic (exact) mass is 218 g/mol. The lowest BCUT2D eigenvalue weighted by Gasteiger charge is -2.06. The second-order valence-electron chi connectivity index (χ2n) is 3.51. The largest absolute Gasteiger partial charge is 0.497 e. The van der Waals surface area contributed by atoms with Crippen molar-refractivity contribution in [2.45, 2.75) is 6.92 Å². The van der Waals surface area contributed by atoms with Gasteiger partial charge in [0.15, 0.2) is 0 Å². The van der Waals surface area contributed by atoms with Crippen LogP contribution in [0.5, 0.6) is 11.5 Å². The van der Waals surface area contributed by atoms with E-state index in [4.69, 9.17) is 13.9 Å². The van der Waals surface area contributed by atoms with Crippen LogP contribution in [-0.4, -0.2) is 14.2 Å². The van der Waals surface area contributed by atoms with E-state index in [9.17, 15) is 0 Å². The quantitative estimate of drug-likeness (QED) is 0.792. The van der Waals surface area contributed by atoms with Gasteiger partial charge < -0.3 is 13.9 Å². The first-order valence-electron chi connectivity index (χ1n) is 5.03. The molecule has 0 fully saturated rings. The first-order valence-corrected chi connectivity index (χ1v) is 5.03. The molecule has 0 spiro atoms. The van der Waals surface area contributed by atoms with Crippen molar-refractivity contribution in [2.75, 3.05) is 14.2 Å². The predicted molar refractivity (Wildman–Crippen MR) is 62.0 cm³/mol. The third kappa shape index (κ3) is 2.03. The maximum Gasteiger partial charge on any atom is 0.134 e. The maximum atomic E-state index is 5.56. The van der Waals surface area contributed by atoms with Gasteiger partial charge in [0.2, 0.25) is 0 Å². The van der Waals surface area contributed by atoms with E-state index in [1.807, 2.05) is 37.3 Å². The van der Waals surface area contributed by atoms with Crippen molar-refractivity contribution in [1.29, 1.82) is 0 Å². The molecule has 3 nitrogen and oxygen atoms in total. The summed E-state index contributed by atoms with van der Waals surface area (Å²) in [5, 5.41) is 0. The Morgan fingerprint density at radius 2 is 1.56 bits per heavy atom. The molecule has 0 bridgehead atoms. The molecule has 0 N–H and O–H groups in total. The summed E-state index contributed by atoms with van der Waals surface area (Å²) in [5.41, 5.74) is 0.948. The Hall–Kier alpha value is -1.90. The van der Waals surface area contributed by atoms with Gasteiger partial charge in [0.05, 0.1) is 14.2 Å². The van der Waals surface area contributed by atoms with E-state index in [1.54, 1.807) is 14.2 Å². The molecular formula is C13H14O3. The zero-order valence-corrected chi connectivity index (χ0v) is 9.61. The Labute approximate surface area is 94.6 Å². The molecular weight excluding hydrogens is 204 g/mol. The highest BCUT2D eigenvalue weighted by Gasteiger charge is 2.07. The van der Waals surface area contributed by atoms with Crippen LogP contribution >= 0.6 is 0 Å². The van der Waals surface area contributed by atoms with E-state index < -0.39 is 0 Å². The van der Waals surface area contributed by atoms with Crippen LogP contribution < -0.4 is 9.47 Å². The van der Waals surface area contributed by atoms with Crippen LogP contribution in [-0.2, 0) is 0 Å². The first kappa shape index (κ1) is 10.6. The Balaban J connectivity index is 2.47. The highest BCUT2D eigenvalue weighted by molar-refractivity contribution is 5.62. The standard InChI is InChI=1S/C13H14O3/c1-9-4-5-13(16-9)10-6-11(14-2)8-12(7-10)15-3/h4-8H,1-3H3. The molecule has 84 valence electrons. The zero-order chi connectivity index (χ0) is 11.5. The third-order valence-electron chi connectivity index (χ3n) is 2.38. The van der Waals surface area contributed by atoms with E-state index >= 15 is 0 Å². The number of furan rings is 1. The van der Waals surface area contributed by atoms with Crippen LogP contribution in [0, 0.1) is 6.92 Å². The van der Waals surface area contributed by atoms with Crippen molar-refractivity contribution in [2.24, 2.45) is 0 Å². The molecule has 0 radical (unpaired) electrons. The lowest BCUT2D eigenvalue weighted by Crippen LogP contribution is -1.88. The molecule has 0 atom stereocenters. The van der Waals surface area contributed by atoms with Crippen molar-refractivity contribution < 1.29 is 13.9 Å². The second-order valence-corrected chi connectivity index (χ2v) is 3.51.